The first kappa shape index (κ1) is 23.6. The fraction of sp³-hybridized carbons (Fsp3) is 0.357. The fourth-order valence-electron chi connectivity index (χ4n) is 4.78. The second-order valence-corrected chi connectivity index (χ2v) is 9.22. The monoisotopic (exact) mass is 453 g/mol. The Morgan fingerprint density at radius 2 is 1.94 bits per heavy atom. The van der Waals surface area contributed by atoms with Crippen LogP contribution in [0.4, 0.5) is 0 Å². The molecule has 1 unspecified atom stereocenters. The van der Waals surface area contributed by atoms with E-state index in [1.165, 1.54) is 5.56 Å². The Morgan fingerprint density at radius 3 is 2.65 bits per heavy atom. The van der Waals surface area contributed by atoms with Gasteiger partial charge in [-0.25, -0.2) is 0 Å². The lowest BCUT2D eigenvalue weighted by molar-refractivity contribution is 0.0309. The molecule has 0 N–H and O–H groups in total. The van der Waals surface area contributed by atoms with Crippen molar-refractivity contribution in [2.24, 2.45) is 11.1 Å². The standard InChI is InChI=1S/C28H31N5O/c1-19(2)32-34-26-16-22(11-12-23(26)17-29)18-33-25(24-9-5-6-14-30-24)13-10-21(4)28(33)27-20(3)8-7-15-31-27/h5-9,11-12,14-16,21,25,28H,10,13,18H2,1-4H3/t21?,25-,28+/m0/s1. The largest absolute Gasteiger partial charge is 0.356 e. The molecule has 0 spiro atoms. The lowest BCUT2D eigenvalue weighted by Gasteiger charge is -2.45. The zero-order chi connectivity index (χ0) is 24.1. The van der Waals surface area contributed by atoms with Gasteiger partial charge in [-0.2, -0.15) is 5.26 Å². The number of oxime groups is 1. The molecule has 1 aliphatic rings. The van der Waals surface area contributed by atoms with Crippen LogP contribution in [0.5, 0.6) is 5.75 Å². The lowest BCUT2D eigenvalue weighted by atomic mass is 9.82. The maximum Gasteiger partial charge on any atom is 0.176 e. The number of aromatic nitrogens is 2. The molecule has 6 heteroatoms. The van der Waals surface area contributed by atoms with Crippen LogP contribution in [0.1, 0.15) is 73.8 Å². The van der Waals surface area contributed by atoms with Crippen LogP contribution in [0.3, 0.4) is 0 Å². The number of rotatable bonds is 6. The number of benzene rings is 1. The predicted octanol–water partition coefficient (Wildman–Crippen LogP) is 6.15. The first-order chi connectivity index (χ1) is 16.5. The molecule has 34 heavy (non-hydrogen) atoms. The van der Waals surface area contributed by atoms with Gasteiger partial charge in [0.05, 0.1) is 34.7 Å². The van der Waals surface area contributed by atoms with E-state index in [-0.39, 0.29) is 12.1 Å². The average Bonchev–Trinajstić information content (AvgIpc) is 2.84. The van der Waals surface area contributed by atoms with Gasteiger partial charge in [0.25, 0.3) is 0 Å². The molecular formula is C28H31N5O. The normalized spacial score (nSPS) is 20.4. The molecule has 0 bridgehead atoms. The second-order valence-electron chi connectivity index (χ2n) is 9.22. The minimum atomic E-state index is 0.151. The van der Waals surface area contributed by atoms with Crippen LogP contribution in [0.15, 0.2) is 66.1 Å². The number of pyridine rings is 2. The Labute approximate surface area is 201 Å². The maximum atomic E-state index is 9.54. The number of aryl methyl sites for hydroxylation is 1. The number of piperidine rings is 1. The molecule has 1 aromatic carbocycles. The summed E-state index contributed by atoms with van der Waals surface area (Å²) in [5.41, 5.74) is 5.71. The first-order valence-corrected chi connectivity index (χ1v) is 11.8. The molecule has 6 nitrogen and oxygen atoms in total. The molecule has 0 aliphatic carbocycles. The Bertz CT molecular complexity index is 1200. The van der Waals surface area contributed by atoms with E-state index in [1.807, 2.05) is 56.6 Å². The minimum absolute atomic E-state index is 0.151. The van der Waals surface area contributed by atoms with Crippen molar-refractivity contribution in [3.63, 3.8) is 0 Å². The molecule has 174 valence electrons. The van der Waals surface area contributed by atoms with E-state index in [9.17, 15) is 5.26 Å². The van der Waals surface area contributed by atoms with Gasteiger partial charge in [0.15, 0.2) is 5.75 Å². The Morgan fingerprint density at radius 1 is 1.12 bits per heavy atom. The quantitative estimate of drug-likeness (QED) is 0.331. The number of nitriles is 1. The van der Waals surface area contributed by atoms with Crippen LogP contribution in [0.25, 0.3) is 0 Å². The van der Waals surface area contributed by atoms with Gasteiger partial charge in [-0.15, -0.1) is 0 Å². The Balaban J connectivity index is 1.76. The van der Waals surface area contributed by atoms with Crippen LogP contribution in [0.2, 0.25) is 0 Å². The fourth-order valence-corrected chi connectivity index (χ4v) is 4.78. The van der Waals surface area contributed by atoms with Gasteiger partial charge < -0.3 is 4.84 Å². The molecule has 0 saturated carbocycles. The highest BCUT2D eigenvalue weighted by molar-refractivity contribution is 5.78. The molecule has 0 radical (unpaired) electrons. The topological polar surface area (TPSA) is 74.4 Å². The number of likely N-dealkylation sites (tertiary alicyclic amines) is 1. The molecule has 2 aromatic heterocycles. The van der Waals surface area contributed by atoms with Crippen molar-refractivity contribution in [3.05, 3.63) is 89.0 Å². The van der Waals surface area contributed by atoms with E-state index >= 15 is 0 Å². The van der Waals surface area contributed by atoms with E-state index in [4.69, 9.17) is 14.8 Å². The summed E-state index contributed by atoms with van der Waals surface area (Å²) in [6, 6.07) is 18.5. The molecule has 3 heterocycles. The summed E-state index contributed by atoms with van der Waals surface area (Å²) in [6.45, 7) is 8.86. The first-order valence-electron chi connectivity index (χ1n) is 11.8. The minimum Gasteiger partial charge on any atom is -0.356 e. The van der Waals surface area contributed by atoms with Crippen LogP contribution in [0, 0.1) is 24.2 Å². The third-order valence-corrected chi connectivity index (χ3v) is 6.41. The van der Waals surface area contributed by atoms with E-state index < -0.39 is 0 Å². The average molecular weight is 454 g/mol. The van der Waals surface area contributed by atoms with Crippen molar-refractivity contribution in [2.75, 3.05) is 0 Å². The maximum absolute atomic E-state index is 9.54. The predicted molar refractivity (Wildman–Crippen MR) is 133 cm³/mol. The summed E-state index contributed by atoms with van der Waals surface area (Å²) in [5, 5.41) is 13.6. The number of hydrogen-bond acceptors (Lipinski definition) is 6. The van der Waals surface area contributed by atoms with Gasteiger partial charge in [0.1, 0.15) is 6.07 Å². The highest BCUT2D eigenvalue weighted by Gasteiger charge is 2.38. The van der Waals surface area contributed by atoms with Gasteiger partial charge in [-0.05, 0) is 81.0 Å². The van der Waals surface area contributed by atoms with Crippen LogP contribution in [-0.4, -0.2) is 20.6 Å². The van der Waals surface area contributed by atoms with Crippen LogP contribution in [-0.2, 0) is 6.54 Å². The highest BCUT2D eigenvalue weighted by atomic mass is 16.6. The Kier molecular flexibility index (Phi) is 7.34. The van der Waals surface area contributed by atoms with Crippen LogP contribution < -0.4 is 4.84 Å². The SMILES string of the molecule is CC(C)=NOc1cc(CN2[C@H](c3ccccn3)CCC(C)[C@@H]2c2ncccc2C)ccc1C#N. The van der Waals surface area contributed by atoms with Crippen molar-refractivity contribution in [1.82, 2.24) is 14.9 Å². The van der Waals surface area contributed by atoms with E-state index in [0.717, 1.165) is 35.5 Å². The zero-order valence-corrected chi connectivity index (χ0v) is 20.3. The number of nitrogens with zero attached hydrogens (tertiary/aromatic N) is 5. The molecule has 4 rings (SSSR count). The molecule has 3 aromatic rings. The third-order valence-electron chi connectivity index (χ3n) is 6.41. The van der Waals surface area contributed by atoms with Crippen molar-refractivity contribution in [1.29, 1.82) is 5.26 Å². The Hall–Kier alpha value is -3.56. The lowest BCUT2D eigenvalue weighted by Crippen LogP contribution is -2.41. The van der Waals surface area contributed by atoms with E-state index in [0.29, 0.717) is 23.8 Å². The summed E-state index contributed by atoms with van der Waals surface area (Å²) in [7, 11) is 0. The summed E-state index contributed by atoms with van der Waals surface area (Å²) in [5.74, 6) is 0.918. The highest BCUT2D eigenvalue weighted by Crippen LogP contribution is 2.45. The van der Waals surface area contributed by atoms with Crippen molar-refractivity contribution in [2.45, 2.75) is 59.2 Å². The number of hydrogen-bond donors (Lipinski definition) is 0. The third kappa shape index (κ3) is 5.16. The summed E-state index contributed by atoms with van der Waals surface area (Å²) in [4.78, 5) is 17.7. The molecule has 1 saturated heterocycles. The molecule has 0 amide bonds. The van der Waals surface area contributed by atoms with Crippen LogP contribution >= 0.6 is 0 Å². The molecule has 3 atom stereocenters. The van der Waals surface area contributed by atoms with Gasteiger partial charge in [-0.3, -0.25) is 14.9 Å². The summed E-state index contributed by atoms with van der Waals surface area (Å²) in [6.07, 6.45) is 5.88. The molecule has 1 aliphatic heterocycles. The van der Waals surface area contributed by atoms with Gasteiger partial charge in [0.2, 0.25) is 0 Å². The molecular weight excluding hydrogens is 422 g/mol. The van der Waals surface area contributed by atoms with Gasteiger partial charge in [0, 0.05) is 18.9 Å². The zero-order valence-electron chi connectivity index (χ0n) is 20.3. The van der Waals surface area contributed by atoms with Gasteiger partial charge >= 0.3 is 0 Å². The summed E-state index contributed by atoms with van der Waals surface area (Å²) >= 11 is 0. The van der Waals surface area contributed by atoms with Crippen molar-refractivity contribution in [3.8, 4) is 11.8 Å². The smallest absolute Gasteiger partial charge is 0.176 e. The van der Waals surface area contributed by atoms with Gasteiger partial charge in [-0.1, -0.05) is 30.3 Å². The van der Waals surface area contributed by atoms with E-state index in [1.54, 1.807) is 0 Å². The van der Waals surface area contributed by atoms with E-state index in [2.05, 4.69) is 48.2 Å². The molecule has 1 fully saturated rings. The summed E-state index contributed by atoms with van der Waals surface area (Å²) < 4.78 is 0. The van der Waals surface area contributed by atoms with Crippen molar-refractivity contribution < 1.29 is 4.84 Å². The van der Waals surface area contributed by atoms with Crippen molar-refractivity contribution >= 4 is 5.71 Å². The second kappa shape index (κ2) is 10.6.